The highest BCUT2D eigenvalue weighted by Gasteiger charge is 2.48. The number of hydrogen-bond acceptors (Lipinski definition) is 6. The molecule has 2 unspecified atom stereocenters. The molecule has 3 N–H and O–H groups in total. The predicted molar refractivity (Wildman–Crippen MR) is 107 cm³/mol. The van der Waals surface area contributed by atoms with Gasteiger partial charge < -0.3 is 20.4 Å². The predicted octanol–water partition coefficient (Wildman–Crippen LogP) is 0.713. The van der Waals surface area contributed by atoms with Crippen LogP contribution in [-0.4, -0.2) is 50.9 Å². The van der Waals surface area contributed by atoms with Gasteiger partial charge in [0.15, 0.2) is 11.4 Å². The van der Waals surface area contributed by atoms with E-state index in [-0.39, 0.29) is 36.2 Å². The number of benzene rings is 1. The normalized spacial score (nSPS) is 21.4. The Morgan fingerprint density at radius 1 is 1.22 bits per heavy atom. The van der Waals surface area contributed by atoms with Crippen LogP contribution >= 0.6 is 0 Å². The van der Waals surface area contributed by atoms with Gasteiger partial charge in [-0.05, 0) is 25.3 Å². The van der Waals surface area contributed by atoms with Crippen LogP contribution in [-0.2, 0) is 6.54 Å². The van der Waals surface area contributed by atoms with Crippen molar-refractivity contribution in [3.05, 3.63) is 62.6 Å². The largest absolute Gasteiger partial charge is 0.502 e. The molecular weight excluding hydrogens is 426 g/mol. The quantitative estimate of drug-likeness (QED) is 0.640. The highest BCUT2D eigenvalue weighted by Crippen LogP contribution is 2.37. The molecule has 0 aliphatic carbocycles. The van der Waals surface area contributed by atoms with Crippen LogP contribution in [0.25, 0.3) is 0 Å². The molecule has 11 heteroatoms. The molecule has 9 nitrogen and oxygen atoms in total. The lowest BCUT2D eigenvalue weighted by Crippen LogP contribution is -2.61. The molecule has 4 heterocycles. The van der Waals surface area contributed by atoms with E-state index < -0.39 is 46.3 Å². The lowest BCUT2D eigenvalue weighted by Gasteiger charge is -2.46. The number of aliphatic hydroxyl groups excluding tert-OH is 1. The number of pyridine rings is 1. The molecular formula is C21H20F2N4O5. The van der Waals surface area contributed by atoms with E-state index in [2.05, 4.69) is 5.32 Å². The topological polar surface area (TPSA) is 115 Å². The van der Waals surface area contributed by atoms with Gasteiger partial charge >= 0.3 is 0 Å². The van der Waals surface area contributed by atoms with E-state index in [4.69, 9.17) is 0 Å². The summed E-state index contributed by atoms with van der Waals surface area (Å²) in [5.74, 6) is -3.99. The minimum absolute atomic E-state index is 0.00587. The van der Waals surface area contributed by atoms with Crippen molar-refractivity contribution in [2.24, 2.45) is 0 Å². The molecule has 0 saturated carbocycles. The maximum absolute atomic E-state index is 13.9. The van der Waals surface area contributed by atoms with Gasteiger partial charge in [-0.15, -0.1) is 0 Å². The molecule has 5 rings (SSSR count). The van der Waals surface area contributed by atoms with Gasteiger partial charge in [0.25, 0.3) is 11.8 Å². The number of nitrogens with zero attached hydrogens (tertiary/aromatic N) is 3. The summed E-state index contributed by atoms with van der Waals surface area (Å²) in [7, 11) is 0. The van der Waals surface area contributed by atoms with Gasteiger partial charge in [0.2, 0.25) is 5.43 Å². The molecule has 3 aliphatic rings. The first-order valence-electron chi connectivity index (χ1n) is 10.3. The van der Waals surface area contributed by atoms with E-state index in [9.17, 15) is 33.4 Å². The second-order valence-electron chi connectivity index (χ2n) is 8.13. The molecule has 0 bridgehead atoms. The summed E-state index contributed by atoms with van der Waals surface area (Å²) in [6, 6.07) is 2.87. The van der Waals surface area contributed by atoms with Crippen molar-refractivity contribution in [3.8, 4) is 5.75 Å². The average molecular weight is 446 g/mol. The second-order valence-corrected chi connectivity index (χ2v) is 8.13. The number of hydrogen-bond donors (Lipinski definition) is 3. The number of aromatic nitrogens is 1. The zero-order valence-corrected chi connectivity index (χ0v) is 16.8. The summed E-state index contributed by atoms with van der Waals surface area (Å²) in [6.07, 6.45) is 0.701. The van der Waals surface area contributed by atoms with E-state index in [1.54, 1.807) is 9.91 Å². The molecule has 32 heavy (non-hydrogen) atoms. The van der Waals surface area contributed by atoms with Gasteiger partial charge in [-0.2, -0.15) is 0 Å². The molecule has 1 saturated heterocycles. The lowest BCUT2D eigenvalue weighted by molar-refractivity contribution is 0.0488. The fraction of sp³-hybridized carbons (Fsp3) is 0.381. The minimum Gasteiger partial charge on any atom is -0.502 e. The smallest absolute Gasteiger partial charge is 0.278 e. The van der Waals surface area contributed by atoms with Gasteiger partial charge in [-0.1, -0.05) is 6.07 Å². The Labute approximate surface area is 180 Å². The number of carbonyl (C=O) groups excluding carboxylic acids is 2. The minimum atomic E-state index is -1.25. The molecule has 3 aliphatic heterocycles. The van der Waals surface area contributed by atoms with E-state index in [0.29, 0.717) is 19.0 Å². The third-order valence-electron chi connectivity index (χ3n) is 6.26. The van der Waals surface area contributed by atoms with E-state index in [1.807, 2.05) is 0 Å². The van der Waals surface area contributed by atoms with Crippen LogP contribution < -0.4 is 15.8 Å². The summed E-state index contributed by atoms with van der Waals surface area (Å²) in [4.78, 5) is 40.4. The van der Waals surface area contributed by atoms with Gasteiger partial charge in [0.05, 0.1) is 12.2 Å². The summed E-state index contributed by atoms with van der Waals surface area (Å²) in [5, 5.41) is 25.4. The van der Waals surface area contributed by atoms with Crippen LogP contribution in [0.2, 0.25) is 0 Å². The van der Waals surface area contributed by atoms with Crippen molar-refractivity contribution in [2.45, 2.75) is 38.1 Å². The maximum atomic E-state index is 13.9. The Morgan fingerprint density at radius 2 is 2.00 bits per heavy atom. The number of carbonyl (C=O) groups is 2. The molecule has 1 aromatic carbocycles. The zero-order chi connectivity index (χ0) is 22.7. The Hall–Kier alpha value is -3.47. The van der Waals surface area contributed by atoms with E-state index in [1.165, 1.54) is 4.68 Å². The van der Waals surface area contributed by atoms with Crippen molar-refractivity contribution in [1.29, 1.82) is 0 Å². The third-order valence-corrected chi connectivity index (χ3v) is 6.26. The van der Waals surface area contributed by atoms with Crippen molar-refractivity contribution in [2.75, 3.05) is 18.1 Å². The highest BCUT2D eigenvalue weighted by atomic mass is 19.1. The fourth-order valence-corrected chi connectivity index (χ4v) is 4.78. The fourth-order valence-electron chi connectivity index (χ4n) is 4.78. The maximum Gasteiger partial charge on any atom is 0.278 e. The number of rotatable bonds is 3. The number of piperidine rings is 1. The Morgan fingerprint density at radius 3 is 2.75 bits per heavy atom. The van der Waals surface area contributed by atoms with Crippen LogP contribution in [0, 0.1) is 11.6 Å². The Bertz CT molecular complexity index is 1210. The SMILES string of the molecule is O=C(NCc1ccc(F)cc1F)c1c2n3c(c(O)c1=O)C(=O)N1CCCCC1N3CC2O. The molecule has 1 fully saturated rings. The summed E-state index contributed by atoms with van der Waals surface area (Å²) in [5.41, 5.74) is -1.97. The van der Waals surface area contributed by atoms with E-state index in [0.717, 1.165) is 25.0 Å². The Balaban J connectivity index is 1.57. The van der Waals surface area contributed by atoms with Crippen LogP contribution in [0.5, 0.6) is 5.75 Å². The number of halogens is 2. The monoisotopic (exact) mass is 446 g/mol. The van der Waals surface area contributed by atoms with Crippen molar-refractivity contribution in [3.63, 3.8) is 0 Å². The van der Waals surface area contributed by atoms with Crippen LogP contribution in [0.3, 0.4) is 0 Å². The third kappa shape index (κ3) is 2.88. The molecule has 0 radical (unpaired) electrons. The summed E-state index contributed by atoms with van der Waals surface area (Å²) in [6.45, 7) is 0.156. The second kappa shape index (κ2) is 7.30. The summed E-state index contributed by atoms with van der Waals surface area (Å²) < 4.78 is 28.3. The number of amides is 2. The van der Waals surface area contributed by atoms with Crippen LogP contribution in [0.15, 0.2) is 23.0 Å². The number of aromatic hydroxyl groups is 1. The highest BCUT2D eigenvalue weighted by molar-refractivity contribution is 6.01. The van der Waals surface area contributed by atoms with Gasteiger partial charge in [-0.3, -0.25) is 19.4 Å². The Kier molecular flexibility index (Phi) is 4.66. The van der Waals surface area contributed by atoms with Crippen molar-refractivity contribution in [1.82, 2.24) is 14.9 Å². The van der Waals surface area contributed by atoms with Gasteiger partial charge in [-0.25, -0.2) is 13.5 Å². The van der Waals surface area contributed by atoms with Crippen LogP contribution in [0.4, 0.5) is 8.78 Å². The van der Waals surface area contributed by atoms with Crippen LogP contribution in [0.1, 0.15) is 57.5 Å². The van der Waals surface area contributed by atoms with Crippen molar-refractivity contribution >= 4 is 11.8 Å². The van der Waals surface area contributed by atoms with E-state index >= 15 is 0 Å². The summed E-state index contributed by atoms with van der Waals surface area (Å²) >= 11 is 0. The molecule has 2 amide bonds. The first-order valence-corrected chi connectivity index (χ1v) is 10.3. The first kappa shape index (κ1) is 20.4. The number of fused-ring (bicyclic) bond motifs is 2. The molecule has 168 valence electrons. The average Bonchev–Trinajstić information content (AvgIpc) is 3.10. The molecule has 0 spiro atoms. The van der Waals surface area contributed by atoms with Crippen molar-refractivity contribution < 1.29 is 28.6 Å². The molecule has 2 aromatic rings. The standard InChI is InChI=1S/C21H20F2N4O5/c22-11-5-4-10(12(23)7-11)8-24-20(31)15-16-13(28)9-26-14-3-1-2-6-25(14)21(32)17(27(16)26)19(30)18(15)29/h4-5,7,13-14,28,30H,1-3,6,8-9H2,(H,24,31). The van der Waals surface area contributed by atoms with Gasteiger partial charge in [0.1, 0.15) is 29.5 Å². The number of aliphatic hydroxyl groups is 1. The lowest BCUT2D eigenvalue weighted by atomic mass is 10.0. The molecule has 1 aromatic heterocycles. The zero-order valence-electron chi connectivity index (χ0n) is 16.8. The molecule has 2 atom stereocenters. The van der Waals surface area contributed by atoms with Gasteiger partial charge in [0, 0.05) is 24.7 Å². The number of nitrogens with one attached hydrogen (secondary N) is 1. The first-order chi connectivity index (χ1) is 15.3.